The van der Waals surface area contributed by atoms with Crippen molar-refractivity contribution in [3.63, 3.8) is 0 Å². The molecule has 1 saturated heterocycles. The van der Waals surface area contributed by atoms with Crippen LogP contribution >= 0.6 is 0 Å². The zero-order chi connectivity index (χ0) is 21.2. The third-order valence-corrected chi connectivity index (χ3v) is 5.65. The van der Waals surface area contributed by atoms with Crippen LogP contribution in [-0.4, -0.2) is 44.2 Å². The first-order valence-corrected chi connectivity index (χ1v) is 10.4. The van der Waals surface area contributed by atoms with Crippen LogP contribution in [0.5, 0.6) is 5.75 Å². The van der Waals surface area contributed by atoms with Gasteiger partial charge in [-0.15, -0.1) is 0 Å². The second-order valence-corrected chi connectivity index (χ2v) is 7.69. The van der Waals surface area contributed by atoms with Crippen LogP contribution in [0.4, 0.5) is 5.69 Å². The molecule has 0 unspecified atom stereocenters. The summed E-state index contributed by atoms with van der Waals surface area (Å²) in [6, 6.07) is 19.3. The van der Waals surface area contributed by atoms with Crippen LogP contribution in [0, 0.1) is 0 Å². The number of hydrogen-bond acceptors (Lipinski definition) is 5. The molecule has 6 nitrogen and oxygen atoms in total. The molecule has 1 aliphatic rings. The number of hydrogen-bond donors (Lipinski definition) is 1. The zero-order valence-corrected chi connectivity index (χ0v) is 17.4. The van der Waals surface area contributed by atoms with Crippen molar-refractivity contribution in [1.82, 2.24) is 4.90 Å². The maximum Gasteiger partial charge on any atom is 0.255 e. The SMILES string of the molecule is COc1cc2c(cc1NC(=O)c1cccc(CN3CCOCC3)c1)oc1ccccc12. The fraction of sp³-hybridized carbons (Fsp3) is 0.240. The summed E-state index contributed by atoms with van der Waals surface area (Å²) >= 11 is 0. The van der Waals surface area contributed by atoms with Gasteiger partial charge in [-0.3, -0.25) is 9.69 Å². The fourth-order valence-electron chi connectivity index (χ4n) is 4.04. The van der Waals surface area contributed by atoms with Crippen molar-refractivity contribution in [1.29, 1.82) is 0 Å². The predicted molar refractivity (Wildman–Crippen MR) is 121 cm³/mol. The van der Waals surface area contributed by atoms with E-state index in [1.165, 1.54) is 0 Å². The van der Waals surface area contributed by atoms with Gasteiger partial charge in [0.1, 0.15) is 16.9 Å². The maximum atomic E-state index is 13.0. The summed E-state index contributed by atoms with van der Waals surface area (Å²) in [6.45, 7) is 4.13. The molecule has 31 heavy (non-hydrogen) atoms. The molecule has 1 N–H and O–H groups in total. The van der Waals surface area contributed by atoms with E-state index in [-0.39, 0.29) is 5.91 Å². The summed E-state index contributed by atoms with van der Waals surface area (Å²) in [4.78, 5) is 15.3. The number of furan rings is 1. The lowest BCUT2D eigenvalue weighted by atomic mass is 10.1. The number of methoxy groups -OCH3 is 1. The second kappa shape index (κ2) is 8.41. The lowest BCUT2D eigenvalue weighted by molar-refractivity contribution is 0.0342. The summed E-state index contributed by atoms with van der Waals surface area (Å²) in [5.41, 5.74) is 3.81. The Morgan fingerprint density at radius 3 is 2.68 bits per heavy atom. The second-order valence-electron chi connectivity index (χ2n) is 7.69. The molecule has 0 spiro atoms. The third-order valence-electron chi connectivity index (χ3n) is 5.65. The molecule has 2 heterocycles. The Bertz CT molecular complexity index is 1240. The van der Waals surface area contributed by atoms with Gasteiger partial charge >= 0.3 is 0 Å². The molecular weight excluding hydrogens is 392 g/mol. The van der Waals surface area contributed by atoms with Gasteiger partial charge in [0, 0.05) is 42.0 Å². The van der Waals surface area contributed by atoms with Gasteiger partial charge in [-0.05, 0) is 29.8 Å². The molecule has 0 aliphatic carbocycles. The van der Waals surface area contributed by atoms with E-state index in [1.807, 2.05) is 60.7 Å². The number of morpholine rings is 1. The van der Waals surface area contributed by atoms with E-state index in [0.29, 0.717) is 22.6 Å². The summed E-state index contributed by atoms with van der Waals surface area (Å²) in [6.07, 6.45) is 0. The maximum absolute atomic E-state index is 13.0. The molecule has 0 atom stereocenters. The molecule has 1 aliphatic heterocycles. The van der Waals surface area contributed by atoms with Gasteiger partial charge in [-0.1, -0.05) is 30.3 Å². The van der Waals surface area contributed by atoms with Crippen LogP contribution in [0.2, 0.25) is 0 Å². The topological polar surface area (TPSA) is 63.9 Å². The van der Waals surface area contributed by atoms with Crippen molar-refractivity contribution in [2.24, 2.45) is 0 Å². The molecule has 1 amide bonds. The summed E-state index contributed by atoms with van der Waals surface area (Å²) in [5, 5.41) is 4.96. The molecule has 5 rings (SSSR count). The van der Waals surface area contributed by atoms with Gasteiger partial charge in [0.15, 0.2) is 0 Å². The van der Waals surface area contributed by atoms with Gasteiger partial charge in [0.05, 0.1) is 26.0 Å². The van der Waals surface area contributed by atoms with Crippen molar-refractivity contribution in [3.05, 3.63) is 71.8 Å². The molecule has 4 aromatic rings. The average Bonchev–Trinajstić information content (AvgIpc) is 3.16. The summed E-state index contributed by atoms with van der Waals surface area (Å²) in [5.74, 6) is 0.412. The Morgan fingerprint density at radius 2 is 1.84 bits per heavy atom. The van der Waals surface area contributed by atoms with E-state index < -0.39 is 0 Å². The van der Waals surface area contributed by atoms with Gasteiger partial charge < -0.3 is 19.2 Å². The highest BCUT2D eigenvalue weighted by Gasteiger charge is 2.16. The van der Waals surface area contributed by atoms with Crippen LogP contribution in [0.15, 0.2) is 65.1 Å². The van der Waals surface area contributed by atoms with Crippen molar-refractivity contribution in [2.45, 2.75) is 6.54 Å². The van der Waals surface area contributed by atoms with Crippen molar-refractivity contribution < 1.29 is 18.7 Å². The van der Waals surface area contributed by atoms with Crippen LogP contribution in [0.25, 0.3) is 21.9 Å². The predicted octanol–water partition coefficient (Wildman–Crippen LogP) is 4.68. The number of nitrogens with zero attached hydrogens (tertiary/aromatic N) is 1. The number of ether oxygens (including phenoxy) is 2. The standard InChI is InChI=1S/C25H24N2O4/c1-29-24-14-20-19-7-2-3-8-22(19)31-23(20)15-21(24)26-25(28)18-6-4-5-17(13-18)16-27-9-11-30-12-10-27/h2-8,13-15H,9-12,16H2,1H3,(H,26,28). The number of fused-ring (bicyclic) bond motifs is 3. The normalized spacial score (nSPS) is 14.7. The van der Waals surface area contributed by atoms with Crippen molar-refractivity contribution in [2.75, 3.05) is 38.7 Å². The molecule has 3 aromatic carbocycles. The van der Waals surface area contributed by atoms with E-state index in [2.05, 4.69) is 10.2 Å². The summed E-state index contributed by atoms with van der Waals surface area (Å²) in [7, 11) is 1.60. The van der Waals surface area contributed by atoms with Gasteiger partial charge in [0.2, 0.25) is 0 Å². The lowest BCUT2D eigenvalue weighted by Gasteiger charge is -2.26. The highest BCUT2D eigenvalue weighted by atomic mass is 16.5. The van der Waals surface area contributed by atoms with Gasteiger partial charge in [-0.25, -0.2) is 0 Å². The van der Waals surface area contributed by atoms with Crippen molar-refractivity contribution >= 4 is 33.5 Å². The highest BCUT2D eigenvalue weighted by Crippen LogP contribution is 2.36. The van der Waals surface area contributed by atoms with Crippen molar-refractivity contribution in [3.8, 4) is 5.75 Å². The Hall–Kier alpha value is -3.35. The van der Waals surface area contributed by atoms with E-state index in [4.69, 9.17) is 13.9 Å². The largest absolute Gasteiger partial charge is 0.495 e. The fourth-order valence-corrected chi connectivity index (χ4v) is 4.04. The number of anilines is 1. The molecule has 0 saturated carbocycles. The first-order chi connectivity index (χ1) is 15.2. The first-order valence-electron chi connectivity index (χ1n) is 10.4. The van der Waals surface area contributed by atoms with E-state index in [1.54, 1.807) is 7.11 Å². The van der Waals surface area contributed by atoms with E-state index in [9.17, 15) is 4.79 Å². The minimum absolute atomic E-state index is 0.183. The Balaban J connectivity index is 1.40. The average molecular weight is 416 g/mol. The van der Waals surface area contributed by atoms with Crippen LogP contribution in [-0.2, 0) is 11.3 Å². The molecule has 1 aromatic heterocycles. The molecule has 0 radical (unpaired) electrons. The number of carbonyl (C=O) groups is 1. The minimum Gasteiger partial charge on any atom is -0.495 e. The van der Waals surface area contributed by atoms with E-state index >= 15 is 0 Å². The molecule has 1 fully saturated rings. The Kier molecular flexibility index (Phi) is 5.32. The Morgan fingerprint density at radius 1 is 1.00 bits per heavy atom. The lowest BCUT2D eigenvalue weighted by Crippen LogP contribution is -2.35. The number of benzene rings is 3. The Labute approximate surface area is 180 Å². The number of carbonyl (C=O) groups excluding carboxylic acids is 1. The number of rotatable bonds is 5. The van der Waals surface area contributed by atoms with Gasteiger partial charge in [0.25, 0.3) is 5.91 Å². The first kappa shape index (κ1) is 19.6. The number of amides is 1. The van der Waals surface area contributed by atoms with Crippen LogP contribution in [0.1, 0.15) is 15.9 Å². The molecule has 6 heteroatoms. The summed E-state index contributed by atoms with van der Waals surface area (Å²) < 4.78 is 16.9. The number of nitrogens with one attached hydrogen (secondary N) is 1. The zero-order valence-electron chi connectivity index (χ0n) is 17.4. The number of para-hydroxylation sites is 1. The smallest absolute Gasteiger partial charge is 0.255 e. The van der Waals surface area contributed by atoms with Crippen LogP contribution in [0.3, 0.4) is 0 Å². The third kappa shape index (κ3) is 4.00. The van der Waals surface area contributed by atoms with E-state index in [0.717, 1.165) is 54.8 Å². The van der Waals surface area contributed by atoms with Gasteiger partial charge in [-0.2, -0.15) is 0 Å². The molecule has 158 valence electrons. The highest BCUT2D eigenvalue weighted by molar-refractivity contribution is 6.10. The molecular formula is C25H24N2O4. The van der Waals surface area contributed by atoms with Crippen LogP contribution < -0.4 is 10.1 Å². The monoisotopic (exact) mass is 416 g/mol. The quantitative estimate of drug-likeness (QED) is 0.512. The minimum atomic E-state index is -0.183. The molecule has 0 bridgehead atoms.